The minimum atomic E-state index is -3.14. The summed E-state index contributed by atoms with van der Waals surface area (Å²) >= 11 is 0. The lowest BCUT2D eigenvalue weighted by Gasteiger charge is -2.30. The molecule has 0 spiro atoms. The van der Waals surface area contributed by atoms with Crippen LogP contribution in [0.4, 0.5) is 23.7 Å². The molecule has 1 N–H and O–H groups in total. The molecule has 0 bridgehead atoms. The molecule has 1 amide bonds. The van der Waals surface area contributed by atoms with Crippen molar-refractivity contribution in [3.8, 4) is 16.9 Å². The second kappa shape index (κ2) is 10.9. The number of nitrogens with zero attached hydrogens (tertiary/aromatic N) is 2. The van der Waals surface area contributed by atoms with Crippen LogP contribution >= 0.6 is 0 Å². The maximum Gasteiger partial charge on any atom is 0.408 e. The highest BCUT2D eigenvalue weighted by Crippen LogP contribution is 2.41. The number of rotatable bonds is 7. The molecular weight excluding hydrogens is 491 g/mol. The number of esters is 1. The zero-order chi connectivity index (χ0) is 27.5. The Morgan fingerprint density at radius 1 is 1.24 bits per heavy atom. The highest BCUT2D eigenvalue weighted by Gasteiger charge is 2.39. The Morgan fingerprint density at radius 2 is 1.95 bits per heavy atom. The highest BCUT2D eigenvalue weighted by molar-refractivity contribution is 6.01. The fraction of sp³-hybridized carbons (Fsp3) is 0.500. The number of benzene rings is 1. The molecular formula is C26H32F3N3O5. The number of nitrogens with one attached hydrogen (secondary N) is 1. The average Bonchev–Trinajstić information content (AvgIpc) is 3.12. The van der Waals surface area contributed by atoms with Gasteiger partial charge in [0.25, 0.3) is 0 Å². The van der Waals surface area contributed by atoms with Crippen LogP contribution < -0.4 is 15.0 Å². The fourth-order valence-corrected chi connectivity index (χ4v) is 4.31. The van der Waals surface area contributed by atoms with E-state index >= 15 is 0 Å². The molecule has 1 aliphatic rings. The van der Waals surface area contributed by atoms with Crippen molar-refractivity contribution in [3.63, 3.8) is 0 Å². The van der Waals surface area contributed by atoms with Crippen LogP contribution in [0.5, 0.6) is 5.75 Å². The Morgan fingerprint density at radius 3 is 2.57 bits per heavy atom. The van der Waals surface area contributed by atoms with E-state index in [-0.39, 0.29) is 30.0 Å². The topological polar surface area (TPSA) is 90.0 Å². The molecule has 1 aromatic carbocycles. The Kier molecular flexibility index (Phi) is 8.24. The lowest BCUT2D eigenvalue weighted by molar-refractivity contribution is -0.0499. The van der Waals surface area contributed by atoms with Crippen LogP contribution in [0, 0.1) is 12.7 Å². The third kappa shape index (κ3) is 7.05. The zero-order valence-corrected chi connectivity index (χ0v) is 21.8. The van der Waals surface area contributed by atoms with E-state index in [4.69, 9.17) is 9.47 Å². The monoisotopic (exact) mass is 523 g/mol. The average molecular weight is 524 g/mol. The van der Waals surface area contributed by atoms with Crippen LogP contribution in [0.2, 0.25) is 0 Å². The molecule has 1 aliphatic heterocycles. The van der Waals surface area contributed by atoms with Gasteiger partial charge in [0, 0.05) is 36.6 Å². The number of hydrogen-bond donors (Lipinski definition) is 1. The Balaban J connectivity index is 2.09. The van der Waals surface area contributed by atoms with E-state index in [1.807, 2.05) is 11.8 Å². The first-order valence-corrected chi connectivity index (χ1v) is 11.9. The van der Waals surface area contributed by atoms with Crippen molar-refractivity contribution in [2.75, 3.05) is 24.6 Å². The maximum absolute atomic E-state index is 14.5. The number of aryl methyl sites for hydroxylation is 1. The standard InChI is InChI=1S/C26H32F3N3O5/c1-7-35-22(33)19-13-30-15(2)20(16-10-17(27)12-18(11-16)36-23(28)29)21(19)32-9-8-26(6,14-32)31-24(34)37-25(3,4)5/h10-13,23H,7-9,14H2,1-6H3,(H,31,34)/t26-/m0/s1. The van der Waals surface area contributed by atoms with Gasteiger partial charge in [-0.25, -0.2) is 14.0 Å². The predicted molar refractivity (Wildman–Crippen MR) is 132 cm³/mol. The molecule has 2 aromatic rings. The van der Waals surface area contributed by atoms with E-state index in [9.17, 15) is 22.8 Å². The van der Waals surface area contributed by atoms with Crippen molar-refractivity contribution < 1.29 is 37.0 Å². The minimum Gasteiger partial charge on any atom is -0.462 e. The van der Waals surface area contributed by atoms with Crippen LogP contribution in [-0.2, 0) is 9.47 Å². The number of amides is 1. The number of carbonyl (C=O) groups excluding carboxylic acids is 2. The first-order valence-electron chi connectivity index (χ1n) is 11.9. The summed E-state index contributed by atoms with van der Waals surface area (Å²) in [7, 11) is 0. The highest BCUT2D eigenvalue weighted by atomic mass is 19.3. The van der Waals surface area contributed by atoms with Gasteiger partial charge in [-0.15, -0.1) is 0 Å². The van der Waals surface area contributed by atoms with E-state index in [0.29, 0.717) is 29.9 Å². The van der Waals surface area contributed by atoms with Crippen molar-refractivity contribution in [2.45, 2.75) is 65.7 Å². The molecule has 37 heavy (non-hydrogen) atoms. The van der Waals surface area contributed by atoms with Gasteiger partial charge in [0.15, 0.2) is 0 Å². The van der Waals surface area contributed by atoms with E-state index in [2.05, 4.69) is 15.0 Å². The summed E-state index contributed by atoms with van der Waals surface area (Å²) in [6, 6.07) is 3.28. The summed E-state index contributed by atoms with van der Waals surface area (Å²) in [5, 5.41) is 2.90. The lowest BCUT2D eigenvalue weighted by atomic mass is 9.97. The number of ether oxygens (including phenoxy) is 3. The molecule has 3 rings (SSSR count). The van der Waals surface area contributed by atoms with Gasteiger partial charge in [-0.1, -0.05) is 0 Å². The summed E-state index contributed by atoms with van der Waals surface area (Å²) in [5.41, 5.74) is 0.139. The molecule has 0 unspecified atom stereocenters. The number of alkyl halides is 2. The van der Waals surface area contributed by atoms with Gasteiger partial charge in [0.1, 0.15) is 22.7 Å². The van der Waals surface area contributed by atoms with E-state index in [0.717, 1.165) is 12.1 Å². The summed E-state index contributed by atoms with van der Waals surface area (Å²) in [4.78, 5) is 31.6. The van der Waals surface area contributed by atoms with Crippen molar-refractivity contribution in [1.29, 1.82) is 0 Å². The smallest absolute Gasteiger partial charge is 0.408 e. The molecule has 1 atom stereocenters. The molecule has 1 aromatic heterocycles. The number of carbonyl (C=O) groups is 2. The van der Waals surface area contributed by atoms with Gasteiger partial charge in [-0.2, -0.15) is 8.78 Å². The van der Waals surface area contributed by atoms with Gasteiger partial charge in [-0.05, 0) is 65.7 Å². The quantitative estimate of drug-likeness (QED) is 0.482. The molecule has 1 fully saturated rings. The number of hydrogen-bond acceptors (Lipinski definition) is 7. The van der Waals surface area contributed by atoms with Crippen molar-refractivity contribution in [2.24, 2.45) is 0 Å². The number of halogens is 3. The first kappa shape index (κ1) is 28.1. The fourth-order valence-electron chi connectivity index (χ4n) is 4.31. The van der Waals surface area contributed by atoms with Crippen molar-refractivity contribution >= 4 is 17.7 Å². The lowest BCUT2D eigenvalue weighted by Crippen LogP contribution is -2.49. The van der Waals surface area contributed by atoms with Crippen LogP contribution in [0.25, 0.3) is 11.1 Å². The number of aromatic nitrogens is 1. The van der Waals surface area contributed by atoms with E-state index in [1.165, 1.54) is 12.3 Å². The Labute approximate surface area is 214 Å². The SMILES string of the molecule is CCOC(=O)c1cnc(C)c(-c2cc(F)cc(OC(F)F)c2)c1N1CC[C@](C)(NC(=O)OC(C)(C)C)C1. The normalized spacial score (nSPS) is 17.6. The van der Waals surface area contributed by atoms with Gasteiger partial charge in [0.2, 0.25) is 0 Å². The third-order valence-electron chi connectivity index (χ3n) is 5.71. The first-order chi connectivity index (χ1) is 17.2. The number of pyridine rings is 1. The number of alkyl carbamates (subject to hydrolysis) is 1. The Hall–Kier alpha value is -3.50. The van der Waals surface area contributed by atoms with Crippen LogP contribution in [0.1, 0.15) is 57.1 Å². The summed E-state index contributed by atoms with van der Waals surface area (Å²) in [6.45, 7) is 8.15. The minimum absolute atomic E-state index is 0.117. The van der Waals surface area contributed by atoms with Crippen LogP contribution in [0.3, 0.4) is 0 Å². The molecule has 1 saturated heterocycles. The molecule has 8 nitrogen and oxygen atoms in total. The largest absolute Gasteiger partial charge is 0.462 e. The van der Waals surface area contributed by atoms with Crippen LogP contribution in [-0.4, -0.2) is 54.5 Å². The van der Waals surface area contributed by atoms with E-state index in [1.54, 1.807) is 34.6 Å². The summed E-state index contributed by atoms with van der Waals surface area (Å²) in [5.74, 6) is -1.80. The Bertz CT molecular complexity index is 1170. The number of anilines is 1. The van der Waals surface area contributed by atoms with Crippen LogP contribution in [0.15, 0.2) is 24.4 Å². The summed E-state index contributed by atoms with van der Waals surface area (Å²) in [6.07, 6.45) is 1.31. The van der Waals surface area contributed by atoms with E-state index < -0.39 is 35.6 Å². The second-order valence-electron chi connectivity index (χ2n) is 10.1. The summed E-state index contributed by atoms with van der Waals surface area (Å²) < 4.78 is 55.3. The van der Waals surface area contributed by atoms with Gasteiger partial charge in [-0.3, -0.25) is 4.98 Å². The third-order valence-corrected chi connectivity index (χ3v) is 5.71. The molecule has 0 saturated carbocycles. The van der Waals surface area contributed by atoms with Gasteiger partial charge in [0.05, 0.1) is 17.8 Å². The molecule has 11 heteroatoms. The molecule has 0 aliphatic carbocycles. The molecule has 0 radical (unpaired) electrons. The molecule has 2 heterocycles. The van der Waals surface area contributed by atoms with Gasteiger partial charge >= 0.3 is 18.7 Å². The second-order valence-corrected chi connectivity index (χ2v) is 10.1. The maximum atomic E-state index is 14.5. The van der Waals surface area contributed by atoms with Gasteiger partial charge < -0.3 is 24.4 Å². The van der Waals surface area contributed by atoms with Crippen molar-refractivity contribution in [3.05, 3.63) is 41.5 Å². The molecule has 202 valence electrons. The predicted octanol–water partition coefficient (Wildman–Crippen LogP) is 5.47. The zero-order valence-electron chi connectivity index (χ0n) is 21.8. The van der Waals surface area contributed by atoms with Crippen molar-refractivity contribution in [1.82, 2.24) is 10.3 Å².